The third kappa shape index (κ3) is 5.13. The maximum Gasteiger partial charge on any atom is 0.323 e. The zero-order valence-corrected chi connectivity index (χ0v) is 11.1. The number of aliphatic hydroxyl groups is 1. The van der Waals surface area contributed by atoms with Crippen LogP contribution < -0.4 is 15.4 Å². The van der Waals surface area contributed by atoms with Gasteiger partial charge in [-0.1, -0.05) is 0 Å². The highest BCUT2D eigenvalue weighted by atomic mass is 16.5. The highest BCUT2D eigenvalue weighted by Crippen LogP contribution is 2.11. The number of aromatic nitrogens is 3. The van der Waals surface area contributed by atoms with E-state index >= 15 is 0 Å². The van der Waals surface area contributed by atoms with Crippen molar-refractivity contribution >= 4 is 11.9 Å². The molecule has 0 aromatic carbocycles. The second-order valence-electron chi connectivity index (χ2n) is 3.79. The first-order valence-corrected chi connectivity index (χ1v) is 6.20. The molecule has 1 aromatic rings. The Kier molecular flexibility index (Phi) is 6.13. The average molecular weight is 255 g/mol. The Hall–Kier alpha value is -1.63. The number of rotatable bonds is 8. The van der Waals surface area contributed by atoms with Crippen LogP contribution in [0.1, 0.15) is 27.2 Å². The molecule has 3 N–H and O–H groups in total. The normalized spacial score (nSPS) is 12.0. The van der Waals surface area contributed by atoms with Gasteiger partial charge in [-0.3, -0.25) is 0 Å². The maximum atomic E-state index is 9.18. The molecule has 1 aromatic heterocycles. The number of hydrogen-bond donors (Lipinski definition) is 3. The van der Waals surface area contributed by atoms with Gasteiger partial charge in [0.2, 0.25) is 11.9 Å². The number of hydrogen-bond acceptors (Lipinski definition) is 7. The lowest BCUT2D eigenvalue weighted by molar-refractivity contribution is 0.188. The minimum absolute atomic E-state index is 0.294. The molecule has 0 radical (unpaired) electrons. The molecule has 0 saturated heterocycles. The van der Waals surface area contributed by atoms with E-state index in [0.29, 0.717) is 37.5 Å². The van der Waals surface area contributed by atoms with Crippen LogP contribution in [0.2, 0.25) is 0 Å². The van der Waals surface area contributed by atoms with Crippen LogP contribution in [0, 0.1) is 0 Å². The van der Waals surface area contributed by atoms with E-state index in [1.165, 1.54) is 0 Å². The number of nitrogens with one attached hydrogen (secondary N) is 2. The molecule has 0 amide bonds. The summed E-state index contributed by atoms with van der Waals surface area (Å²) in [7, 11) is 0. The van der Waals surface area contributed by atoms with Crippen molar-refractivity contribution in [3.63, 3.8) is 0 Å². The Labute approximate surface area is 107 Å². The fourth-order valence-electron chi connectivity index (χ4n) is 1.26. The van der Waals surface area contributed by atoms with Crippen molar-refractivity contribution in [3.05, 3.63) is 0 Å². The van der Waals surface area contributed by atoms with Crippen molar-refractivity contribution in [2.24, 2.45) is 0 Å². The quantitative estimate of drug-likeness (QED) is 0.635. The van der Waals surface area contributed by atoms with Crippen LogP contribution in [0.3, 0.4) is 0 Å². The summed E-state index contributed by atoms with van der Waals surface area (Å²) in [6, 6.07) is 0.294. The Morgan fingerprint density at radius 2 is 1.83 bits per heavy atom. The summed E-state index contributed by atoms with van der Waals surface area (Å²) in [5, 5.41) is 15.2. The summed E-state index contributed by atoms with van der Waals surface area (Å²) in [5.74, 6) is 0.931. The first kappa shape index (κ1) is 14.4. The zero-order valence-electron chi connectivity index (χ0n) is 11.1. The molecule has 0 fully saturated rings. The minimum atomic E-state index is -0.348. The smallest absolute Gasteiger partial charge is 0.323 e. The van der Waals surface area contributed by atoms with Gasteiger partial charge in [-0.05, 0) is 27.2 Å². The molecule has 0 saturated carbocycles. The van der Waals surface area contributed by atoms with Crippen LogP contribution in [-0.2, 0) is 0 Å². The van der Waals surface area contributed by atoms with Gasteiger partial charge >= 0.3 is 6.01 Å². The monoisotopic (exact) mass is 255 g/mol. The summed E-state index contributed by atoms with van der Waals surface area (Å²) in [6.45, 7) is 7.40. The largest absolute Gasteiger partial charge is 0.464 e. The van der Waals surface area contributed by atoms with E-state index < -0.39 is 0 Å². The lowest BCUT2D eigenvalue weighted by Gasteiger charge is -2.09. The van der Waals surface area contributed by atoms with Crippen molar-refractivity contribution in [1.82, 2.24) is 15.0 Å². The van der Waals surface area contributed by atoms with Crippen LogP contribution in [0.25, 0.3) is 0 Å². The van der Waals surface area contributed by atoms with Gasteiger partial charge in [0.25, 0.3) is 0 Å². The van der Waals surface area contributed by atoms with Crippen LogP contribution in [0.4, 0.5) is 11.9 Å². The molecule has 7 heteroatoms. The second kappa shape index (κ2) is 7.65. The second-order valence-corrected chi connectivity index (χ2v) is 3.79. The van der Waals surface area contributed by atoms with Gasteiger partial charge in [0, 0.05) is 13.1 Å². The first-order chi connectivity index (χ1) is 8.65. The van der Waals surface area contributed by atoms with Crippen molar-refractivity contribution in [3.8, 4) is 6.01 Å². The van der Waals surface area contributed by atoms with Crippen LogP contribution in [-0.4, -0.2) is 45.9 Å². The molecule has 1 rings (SSSR count). The molecule has 18 heavy (non-hydrogen) atoms. The summed E-state index contributed by atoms with van der Waals surface area (Å²) >= 11 is 0. The third-order valence-electron chi connectivity index (χ3n) is 2.07. The molecule has 0 bridgehead atoms. The van der Waals surface area contributed by atoms with E-state index in [9.17, 15) is 5.11 Å². The van der Waals surface area contributed by atoms with Crippen molar-refractivity contribution < 1.29 is 9.84 Å². The minimum Gasteiger partial charge on any atom is -0.464 e. The molecule has 1 heterocycles. The Balaban J connectivity index is 2.69. The van der Waals surface area contributed by atoms with Crippen LogP contribution in [0.15, 0.2) is 0 Å². The number of nitrogens with zero attached hydrogens (tertiary/aromatic N) is 3. The van der Waals surface area contributed by atoms with Crippen LogP contribution >= 0.6 is 0 Å². The van der Waals surface area contributed by atoms with E-state index in [-0.39, 0.29) is 6.10 Å². The van der Waals surface area contributed by atoms with E-state index in [0.717, 1.165) is 6.54 Å². The molecule has 102 valence electrons. The van der Waals surface area contributed by atoms with E-state index in [1.54, 1.807) is 6.92 Å². The molecular weight excluding hydrogens is 234 g/mol. The third-order valence-corrected chi connectivity index (χ3v) is 2.07. The Bertz CT molecular complexity index is 335. The molecule has 0 spiro atoms. The summed E-state index contributed by atoms with van der Waals surface area (Å²) in [4.78, 5) is 12.4. The SMILES string of the molecule is CCNc1nc(NCCC(C)O)nc(OCC)n1. The van der Waals surface area contributed by atoms with Crippen molar-refractivity contribution in [1.29, 1.82) is 0 Å². The molecule has 1 unspecified atom stereocenters. The molecular formula is C11H21N5O2. The summed E-state index contributed by atoms with van der Waals surface area (Å²) in [6.07, 6.45) is 0.283. The fraction of sp³-hybridized carbons (Fsp3) is 0.727. The van der Waals surface area contributed by atoms with E-state index in [2.05, 4.69) is 25.6 Å². The maximum absolute atomic E-state index is 9.18. The summed E-state index contributed by atoms with van der Waals surface area (Å²) in [5.41, 5.74) is 0. The van der Waals surface area contributed by atoms with Gasteiger partial charge in [0.15, 0.2) is 0 Å². The molecule has 0 aliphatic rings. The highest BCUT2D eigenvalue weighted by Gasteiger charge is 2.06. The lowest BCUT2D eigenvalue weighted by Crippen LogP contribution is -2.14. The fourth-order valence-corrected chi connectivity index (χ4v) is 1.26. The average Bonchev–Trinajstić information content (AvgIpc) is 2.29. The number of anilines is 2. The number of ether oxygens (including phenoxy) is 1. The van der Waals surface area contributed by atoms with Crippen molar-refractivity contribution in [2.75, 3.05) is 30.3 Å². The molecule has 0 aliphatic carbocycles. The predicted octanol–water partition coefficient (Wildman–Crippen LogP) is 0.885. The van der Waals surface area contributed by atoms with Gasteiger partial charge < -0.3 is 20.5 Å². The molecule has 7 nitrogen and oxygen atoms in total. The van der Waals surface area contributed by atoms with Crippen LogP contribution in [0.5, 0.6) is 6.01 Å². The lowest BCUT2D eigenvalue weighted by atomic mass is 10.3. The van der Waals surface area contributed by atoms with E-state index in [1.807, 2.05) is 13.8 Å². The molecule has 0 aliphatic heterocycles. The van der Waals surface area contributed by atoms with Gasteiger partial charge in [-0.15, -0.1) is 0 Å². The van der Waals surface area contributed by atoms with E-state index in [4.69, 9.17) is 4.74 Å². The Morgan fingerprint density at radius 1 is 1.17 bits per heavy atom. The highest BCUT2D eigenvalue weighted by molar-refractivity contribution is 5.35. The molecule has 1 atom stereocenters. The van der Waals surface area contributed by atoms with Crippen molar-refractivity contribution in [2.45, 2.75) is 33.3 Å². The van der Waals surface area contributed by atoms with Gasteiger partial charge in [-0.25, -0.2) is 0 Å². The predicted molar refractivity (Wildman–Crippen MR) is 69.9 cm³/mol. The van der Waals surface area contributed by atoms with Gasteiger partial charge in [0.1, 0.15) is 0 Å². The van der Waals surface area contributed by atoms with Gasteiger partial charge in [-0.2, -0.15) is 15.0 Å². The number of aliphatic hydroxyl groups excluding tert-OH is 1. The topological polar surface area (TPSA) is 92.2 Å². The Morgan fingerprint density at radius 3 is 2.39 bits per heavy atom. The summed E-state index contributed by atoms with van der Waals surface area (Å²) < 4.78 is 5.27. The standard InChI is InChI=1S/C11H21N5O2/c1-4-12-9-14-10(13-7-6-8(3)17)16-11(15-9)18-5-2/h8,17H,4-7H2,1-3H3,(H2,12,13,14,15,16). The first-order valence-electron chi connectivity index (χ1n) is 6.20. The zero-order chi connectivity index (χ0) is 13.4. The van der Waals surface area contributed by atoms with Gasteiger partial charge in [0.05, 0.1) is 12.7 Å².